The number of nitrogens with one attached hydrogen (secondary N) is 1. The quantitative estimate of drug-likeness (QED) is 0.417. The molecule has 4 rings (SSSR count). The minimum atomic E-state index is -4.91. The Hall–Kier alpha value is -4.54. The molecule has 0 atom stereocenters. The van der Waals surface area contributed by atoms with Crippen LogP contribution in [-0.2, 0) is 0 Å². The molecule has 3 heterocycles. The highest BCUT2D eigenvalue weighted by atomic mass is 19.4. The van der Waals surface area contributed by atoms with Crippen molar-refractivity contribution in [1.82, 2.24) is 19.9 Å². The van der Waals surface area contributed by atoms with E-state index < -0.39 is 18.0 Å². The van der Waals surface area contributed by atoms with Gasteiger partial charge in [0.05, 0.1) is 18.1 Å². The number of nitrogens with zero attached hydrogens (tertiary/aromatic N) is 4. The average molecular weight is 467 g/mol. The van der Waals surface area contributed by atoms with E-state index in [-0.39, 0.29) is 28.7 Å². The number of aryl methyl sites for hydroxylation is 1. The van der Waals surface area contributed by atoms with Crippen LogP contribution in [0.25, 0.3) is 11.3 Å². The molecule has 0 saturated heterocycles. The van der Waals surface area contributed by atoms with Crippen LogP contribution in [0.15, 0.2) is 73.4 Å². The molecule has 0 bridgehead atoms. The second-order valence-electron chi connectivity index (χ2n) is 6.91. The lowest BCUT2D eigenvalue weighted by Gasteiger charge is -2.14. The van der Waals surface area contributed by atoms with Crippen molar-refractivity contribution in [1.29, 1.82) is 0 Å². The number of benzene rings is 1. The summed E-state index contributed by atoms with van der Waals surface area (Å²) in [6.45, 7) is 1.74. The third-order valence-electron chi connectivity index (χ3n) is 4.47. The van der Waals surface area contributed by atoms with E-state index in [1.807, 2.05) is 0 Å². The van der Waals surface area contributed by atoms with Gasteiger partial charge in [-0.2, -0.15) is 0 Å². The van der Waals surface area contributed by atoms with Crippen molar-refractivity contribution >= 4 is 11.7 Å². The van der Waals surface area contributed by atoms with E-state index in [1.165, 1.54) is 36.9 Å². The fourth-order valence-corrected chi connectivity index (χ4v) is 2.96. The van der Waals surface area contributed by atoms with Crippen LogP contribution in [-0.4, -0.2) is 32.2 Å². The van der Waals surface area contributed by atoms with Crippen molar-refractivity contribution in [3.63, 3.8) is 0 Å². The van der Waals surface area contributed by atoms with Gasteiger partial charge in [-0.15, -0.1) is 13.2 Å². The molecule has 1 aromatic carbocycles. The number of hydrogen-bond donors (Lipinski definition) is 1. The van der Waals surface area contributed by atoms with Gasteiger partial charge in [0, 0.05) is 35.8 Å². The number of aromatic nitrogens is 4. The van der Waals surface area contributed by atoms with E-state index in [4.69, 9.17) is 4.74 Å². The molecule has 4 aromatic rings. The lowest BCUT2D eigenvalue weighted by molar-refractivity contribution is -0.274. The van der Waals surface area contributed by atoms with Crippen molar-refractivity contribution in [3.05, 3.63) is 84.6 Å². The Bertz CT molecular complexity index is 1300. The smallest absolute Gasteiger partial charge is 0.439 e. The molecule has 0 aliphatic carbocycles. The summed E-state index contributed by atoms with van der Waals surface area (Å²) in [6, 6.07) is 10.3. The van der Waals surface area contributed by atoms with E-state index >= 15 is 0 Å². The number of carbonyl (C=O) groups excluding carboxylic acids is 1. The first-order valence-electron chi connectivity index (χ1n) is 9.81. The molecule has 0 saturated carbocycles. The minimum Gasteiger partial charge on any atom is -0.439 e. The summed E-state index contributed by atoms with van der Waals surface area (Å²) in [5.74, 6) is -0.318. The maximum atomic E-state index is 12.9. The summed E-state index contributed by atoms with van der Waals surface area (Å²) in [5, 5.41) is 2.59. The van der Waals surface area contributed by atoms with Crippen LogP contribution in [0, 0.1) is 6.92 Å². The first kappa shape index (κ1) is 22.6. The van der Waals surface area contributed by atoms with Crippen LogP contribution < -0.4 is 14.8 Å². The Morgan fingerprint density at radius 1 is 0.971 bits per heavy atom. The highest BCUT2D eigenvalue weighted by Crippen LogP contribution is 2.36. The highest BCUT2D eigenvalue weighted by molar-refractivity contribution is 6.04. The Labute approximate surface area is 191 Å². The van der Waals surface area contributed by atoms with Crippen LogP contribution in [0.5, 0.6) is 17.4 Å². The molecule has 0 aliphatic rings. The molecule has 1 N–H and O–H groups in total. The standard InChI is InChI=1S/C23H16F3N5O3/c1-14-11-27-9-7-16(14)22(32)31-20-13-29-18(12-30-20)17-10-15(33-21-4-2-3-8-28-21)5-6-19(17)34-23(24,25)26/h2-13H,1H3,(H,30,31,32). The first-order chi connectivity index (χ1) is 16.3. The van der Waals surface area contributed by atoms with Crippen LogP contribution in [0.4, 0.5) is 19.0 Å². The number of pyridine rings is 2. The Morgan fingerprint density at radius 2 is 1.82 bits per heavy atom. The van der Waals surface area contributed by atoms with Crippen molar-refractivity contribution in [3.8, 4) is 28.6 Å². The van der Waals surface area contributed by atoms with Gasteiger partial charge in [0.2, 0.25) is 5.88 Å². The molecule has 1 amide bonds. The largest absolute Gasteiger partial charge is 0.573 e. The van der Waals surface area contributed by atoms with E-state index in [0.29, 0.717) is 11.1 Å². The summed E-state index contributed by atoms with van der Waals surface area (Å²) >= 11 is 0. The third kappa shape index (κ3) is 5.63. The molecular weight excluding hydrogens is 451 g/mol. The molecule has 0 fully saturated rings. The maximum Gasteiger partial charge on any atom is 0.573 e. The molecule has 0 aliphatic heterocycles. The monoisotopic (exact) mass is 467 g/mol. The summed E-state index contributed by atoms with van der Waals surface area (Å²) in [7, 11) is 0. The SMILES string of the molecule is Cc1cnccc1C(=O)Nc1cnc(-c2cc(Oc3ccccn3)ccc2OC(F)(F)F)cn1. The van der Waals surface area contributed by atoms with E-state index in [9.17, 15) is 18.0 Å². The number of carbonyl (C=O) groups is 1. The van der Waals surface area contributed by atoms with Gasteiger partial charge < -0.3 is 14.8 Å². The number of alkyl halides is 3. The van der Waals surface area contributed by atoms with Gasteiger partial charge in [0.25, 0.3) is 5.91 Å². The predicted molar refractivity (Wildman–Crippen MR) is 115 cm³/mol. The molecule has 0 unspecified atom stereocenters. The molecule has 8 nitrogen and oxygen atoms in total. The van der Waals surface area contributed by atoms with Crippen molar-refractivity contribution in [2.45, 2.75) is 13.3 Å². The second-order valence-corrected chi connectivity index (χ2v) is 6.91. The summed E-state index contributed by atoms with van der Waals surface area (Å²) in [5.41, 5.74) is 1.13. The zero-order valence-electron chi connectivity index (χ0n) is 17.6. The lowest BCUT2D eigenvalue weighted by Crippen LogP contribution is -2.17. The maximum absolute atomic E-state index is 12.9. The van der Waals surface area contributed by atoms with Gasteiger partial charge in [0.1, 0.15) is 11.5 Å². The lowest BCUT2D eigenvalue weighted by atomic mass is 10.1. The van der Waals surface area contributed by atoms with Crippen LogP contribution in [0.3, 0.4) is 0 Å². The second kappa shape index (κ2) is 9.53. The first-order valence-corrected chi connectivity index (χ1v) is 9.81. The zero-order chi connectivity index (χ0) is 24.1. The van der Waals surface area contributed by atoms with Gasteiger partial charge in [-0.1, -0.05) is 6.07 Å². The van der Waals surface area contributed by atoms with Crippen LogP contribution in [0.2, 0.25) is 0 Å². The summed E-state index contributed by atoms with van der Waals surface area (Å²) in [4.78, 5) is 28.7. The number of rotatable bonds is 6. The number of ether oxygens (including phenoxy) is 2. The normalized spacial score (nSPS) is 11.1. The Balaban J connectivity index is 1.61. The van der Waals surface area contributed by atoms with Crippen LogP contribution in [0.1, 0.15) is 15.9 Å². The molecule has 0 spiro atoms. The highest BCUT2D eigenvalue weighted by Gasteiger charge is 2.32. The number of amides is 1. The van der Waals surface area contributed by atoms with Gasteiger partial charge in [-0.3, -0.25) is 14.8 Å². The van der Waals surface area contributed by atoms with E-state index in [2.05, 4.69) is 30.0 Å². The predicted octanol–water partition coefficient (Wildman–Crippen LogP) is 5.19. The fourth-order valence-electron chi connectivity index (χ4n) is 2.96. The summed E-state index contributed by atoms with van der Waals surface area (Å²) < 4.78 is 48.6. The molecule has 11 heteroatoms. The van der Waals surface area contributed by atoms with Crippen molar-refractivity contribution in [2.24, 2.45) is 0 Å². The van der Waals surface area contributed by atoms with Gasteiger partial charge in [-0.25, -0.2) is 9.97 Å². The van der Waals surface area contributed by atoms with Crippen molar-refractivity contribution < 1.29 is 27.4 Å². The Kier molecular flexibility index (Phi) is 6.35. The van der Waals surface area contributed by atoms with E-state index in [0.717, 1.165) is 6.07 Å². The Morgan fingerprint density at radius 3 is 2.50 bits per heavy atom. The molecule has 172 valence electrons. The van der Waals surface area contributed by atoms with Gasteiger partial charge in [0.15, 0.2) is 5.82 Å². The van der Waals surface area contributed by atoms with E-state index in [1.54, 1.807) is 37.4 Å². The number of halogens is 3. The number of anilines is 1. The average Bonchev–Trinajstić information content (AvgIpc) is 2.81. The summed E-state index contributed by atoms with van der Waals surface area (Å²) in [6.07, 6.45) is 2.08. The molecule has 3 aromatic heterocycles. The fraction of sp³-hybridized carbons (Fsp3) is 0.0870. The number of hydrogen-bond acceptors (Lipinski definition) is 7. The molecular formula is C23H16F3N5O3. The topological polar surface area (TPSA) is 99.1 Å². The van der Waals surface area contributed by atoms with Crippen LogP contribution >= 0.6 is 0 Å². The minimum absolute atomic E-state index is 0.0129. The molecule has 0 radical (unpaired) electrons. The van der Waals surface area contributed by atoms with Crippen molar-refractivity contribution in [2.75, 3.05) is 5.32 Å². The third-order valence-corrected chi connectivity index (χ3v) is 4.47. The zero-order valence-corrected chi connectivity index (χ0v) is 17.6. The van der Waals surface area contributed by atoms with Gasteiger partial charge >= 0.3 is 6.36 Å². The van der Waals surface area contributed by atoms with Gasteiger partial charge in [-0.05, 0) is 42.8 Å². The molecule has 34 heavy (non-hydrogen) atoms.